The second kappa shape index (κ2) is 6.20. The molecule has 0 amide bonds. The Balaban J connectivity index is 1.83. The van der Waals surface area contributed by atoms with E-state index < -0.39 is 0 Å². The summed E-state index contributed by atoms with van der Waals surface area (Å²) < 4.78 is 13.0. The van der Waals surface area contributed by atoms with Crippen molar-refractivity contribution in [3.05, 3.63) is 53.2 Å². The number of hydrogen-bond acceptors (Lipinski definition) is 3. The molecule has 1 unspecified atom stereocenters. The SMILES string of the molecule is CC(Nc1ncnc2c1CCCCC2)c1ccc(F)cc1. The third-order valence-electron chi connectivity index (χ3n) is 4.10. The molecule has 1 heterocycles. The minimum atomic E-state index is -0.207. The molecule has 0 saturated heterocycles. The topological polar surface area (TPSA) is 37.8 Å². The summed E-state index contributed by atoms with van der Waals surface area (Å²) in [5.74, 6) is 0.723. The molecular weight excluding hydrogens is 265 g/mol. The maximum absolute atomic E-state index is 13.0. The maximum atomic E-state index is 13.0. The molecule has 1 N–H and O–H groups in total. The van der Waals surface area contributed by atoms with Gasteiger partial charge in [0.05, 0.1) is 0 Å². The third kappa shape index (κ3) is 3.20. The number of nitrogens with zero attached hydrogens (tertiary/aromatic N) is 2. The molecule has 1 aromatic carbocycles. The van der Waals surface area contributed by atoms with Gasteiger partial charge in [-0.25, -0.2) is 14.4 Å². The Hall–Kier alpha value is -1.97. The minimum absolute atomic E-state index is 0.0906. The average Bonchev–Trinajstić information content (AvgIpc) is 2.74. The number of halogens is 1. The maximum Gasteiger partial charge on any atom is 0.133 e. The monoisotopic (exact) mass is 285 g/mol. The number of aryl methyl sites for hydroxylation is 1. The summed E-state index contributed by atoms with van der Waals surface area (Å²) in [6, 6.07) is 6.70. The Morgan fingerprint density at radius 2 is 1.81 bits per heavy atom. The van der Waals surface area contributed by atoms with Crippen molar-refractivity contribution < 1.29 is 4.39 Å². The summed E-state index contributed by atoms with van der Waals surface area (Å²) in [4.78, 5) is 8.85. The second-order valence-corrected chi connectivity index (χ2v) is 5.63. The van der Waals surface area contributed by atoms with Gasteiger partial charge in [-0.05, 0) is 50.3 Å². The van der Waals surface area contributed by atoms with Crippen LogP contribution >= 0.6 is 0 Å². The first-order valence-electron chi connectivity index (χ1n) is 7.59. The Labute approximate surface area is 124 Å². The first kappa shape index (κ1) is 14.0. The minimum Gasteiger partial charge on any atom is -0.363 e. The van der Waals surface area contributed by atoms with Crippen molar-refractivity contribution in [3.63, 3.8) is 0 Å². The van der Waals surface area contributed by atoms with Crippen LogP contribution in [0.3, 0.4) is 0 Å². The van der Waals surface area contributed by atoms with E-state index in [0.29, 0.717) is 0 Å². The fourth-order valence-corrected chi connectivity index (χ4v) is 2.86. The predicted molar refractivity (Wildman–Crippen MR) is 81.7 cm³/mol. The van der Waals surface area contributed by atoms with Crippen LogP contribution in [0.5, 0.6) is 0 Å². The molecule has 1 atom stereocenters. The smallest absolute Gasteiger partial charge is 0.133 e. The predicted octanol–water partition coefficient (Wildman–Crippen LogP) is 4.06. The molecule has 3 rings (SSSR count). The van der Waals surface area contributed by atoms with Gasteiger partial charge < -0.3 is 5.32 Å². The van der Waals surface area contributed by atoms with Crippen molar-refractivity contribution in [2.45, 2.75) is 45.1 Å². The highest BCUT2D eigenvalue weighted by molar-refractivity contribution is 5.48. The molecule has 1 aromatic heterocycles. The van der Waals surface area contributed by atoms with Gasteiger partial charge in [0, 0.05) is 17.3 Å². The highest BCUT2D eigenvalue weighted by atomic mass is 19.1. The zero-order valence-electron chi connectivity index (χ0n) is 12.3. The molecular formula is C17H20FN3. The molecule has 2 aromatic rings. The van der Waals surface area contributed by atoms with Crippen molar-refractivity contribution in [2.24, 2.45) is 0 Å². The van der Waals surface area contributed by atoms with Gasteiger partial charge in [0.15, 0.2) is 0 Å². The zero-order chi connectivity index (χ0) is 14.7. The molecule has 0 radical (unpaired) electrons. The lowest BCUT2D eigenvalue weighted by Crippen LogP contribution is -2.12. The van der Waals surface area contributed by atoms with Gasteiger partial charge in [0.1, 0.15) is 18.0 Å². The molecule has 4 heteroatoms. The number of fused-ring (bicyclic) bond motifs is 1. The molecule has 0 fully saturated rings. The average molecular weight is 285 g/mol. The summed E-state index contributed by atoms with van der Waals surface area (Å²) in [6.45, 7) is 2.07. The zero-order valence-corrected chi connectivity index (χ0v) is 12.3. The summed E-state index contributed by atoms with van der Waals surface area (Å²) in [5, 5.41) is 3.46. The third-order valence-corrected chi connectivity index (χ3v) is 4.10. The molecule has 0 saturated carbocycles. The van der Waals surface area contributed by atoms with Crippen LogP contribution in [0.15, 0.2) is 30.6 Å². The normalized spacial score (nSPS) is 15.9. The number of benzene rings is 1. The second-order valence-electron chi connectivity index (χ2n) is 5.63. The molecule has 0 aliphatic heterocycles. The van der Waals surface area contributed by atoms with Crippen molar-refractivity contribution in [3.8, 4) is 0 Å². The molecule has 1 aliphatic carbocycles. The summed E-state index contributed by atoms with van der Waals surface area (Å²) in [5.41, 5.74) is 3.48. The summed E-state index contributed by atoms with van der Waals surface area (Å²) in [6.07, 6.45) is 7.37. The number of hydrogen-bond donors (Lipinski definition) is 1. The standard InChI is InChI=1S/C17H20FN3/c1-12(13-7-9-14(18)10-8-13)21-17-15-5-3-2-4-6-16(15)19-11-20-17/h7-12H,2-6H2,1H3,(H,19,20,21). The Morgan fingerprint density at radius 3 is 2.62 bits per heavy atom. The van der Waals surface area contributed by atoms with Crippen LogP contribution in [0.1, 0.15) is 49.0 Å². The van der Waals surface area contributed by atoms with Gasteiger partial charge in [-0.3, -0.25) is 0 Å². The van der Waals surface area contributed by atoms with Gasteiger partial charge >= 0.3 is 0 Å². The van der Waals surface area contributed by atoms with E-state index in [0.717, 1.165) is 24.2 Å². The molecule has 1 aliphatic rings. The van der Waals surface area contributed by atoms with E-state index in [4.69, 9.17) is 0 Å². The fourth-order valence-electron chi connectivity index (χ4n) is 2.86. The van der Waals surface area contributed by atoms with Crippen LogP contribution in [-0.2, 0) is 12.8 Å². The van der Waals surface area contributed by atoms with E-state index in [2.05, 4.69) is 22.2 Å². The van der Waals surface area contributed by atoms with E-state index >= 15 is 0 Å². The summed E-state index contributed by atoms with van der Waals surface area (Å²) >= 11 is 0. The Morgan fingerprint density at radius 1 is 1.05 bits per heavy atom. The first-order chi connectivity index (χ1) is 10.2. The highest BCUT2D eigenvalue weighted by Gasteiger charge is 2.16. The molecule has 0 bridgehead atoms. The van der Waals surface area contributed by atoms with E-state index in [1.165, 1.54) is 42.7 Å². The van der Waals surface area contributed by atoms with Gasteiger partial charge in [-0.1, -0.05) is 18.6 Å². The number of anilines is 1. The fraction of sp³-hybridized carbons (Fsp3) is 0.412. The number of nitrogens with one attached hydrogen (secondary N) is 1. The largest absolute Gasteiger partial charge is 0.363 e. The van der Waals surface area contributed by atoms with E-state index in [9.17, 15) is 4.39 Å². The van der Waals surface area contributed by atoms with E-state index in [1.54, 1.807) is 6.33 Å². The van der Waals surface area contributed by atoms with Crippen LogP contribution in [-0.4, -0.2) is 9.97 Å². The lowest BCUT2D eigenvalue weighted by molar-refractivity contribution is 0.626. The molecule has 0 spiro atoms. The molecule has 3 nitrogen and oxygen atoms in total. The van der Waals surface area contributed by atoms with Crippen LogP contribution < -0.4 is 5.32 Å². The van der Waals surface area contributed by atoms with E-state index in [1.807, 2.05) is 12.1 Å². The van der Waals surface area contributed by atoms with Crippen LogP contribution in [0.25, 0.3) is 0 Å². The van der Waals surface area contributed by atoms with Crippen molar-refractivity contribution in [1.82, 2.24) is 9.97 Å². The van der Waals surface area contributed by atoms with Crippen LogP contribution in [0.2, 0.25) is 0 Å². The van der Waals surface area contributed by atoms with Gasteiger partial charge in [0.2, 0.25) is 0 Å². The lowest BCUT2D eigenvalue weighted by atomic mass is 10.1. The molecule has 21 heavy (non-hydrogen) atoms. The van der Waals surface area contributed by atoms with E-state index in [-0.39, 0.29) is 11.9 Å². The number of aromatic nitrogens is 2. The van der Waals surface area contributed by atoms with Crippen molar-refractivity contribution in [2.75, 3.05) is 5.32 Å². The van der Waals surface area contributed by atoms with Crippen molar-refractivity contribution in [1.29, 1.82) is 0 Å². The highest BCUT2D eigenvalue weighted by Crippen LogP contribution is 2.26. The Bertz CT molecular complexity index is 610. The van der Waals surface area contributed by atoms with Gasteiger partial charge in [0.25, 0.3) is 0 Å². The van der Waals surface area contributed by atoms with Crippen LogP contribution in [0, 0.1) is 5.82 Å². The lowest BCUT2D eigenvalue weighted by Gasteiger charge is -2.18. The molecule has 110 valence electrons. The number of rotatable bonds is 3. The Kier molecular flexibility index (Phi) is 4.13. The van der Waals surface area contributed by atoms with Crippen molar-refractivity contribution >= 4 is 5.82 Å². The van der Waals surface area contributed by atoms with Gasteiger partial charge in [-0.15, -0.1) is 0 Å². The van der Waals surface area contributed by atoms with Gasteiger partial charge in [-0.2, -0.15) is 0 Å². The first-order valence-corrected chi connectivity index (χ1v) is 7.59. The van der Waals surface area contributed by atoms with Crippen LogP contribution in [0.4, 0.5) is 10.2 Å². The quantitative estimate of drug-likeness (QED) is 0.864. The summed E-state index contributed by atoms with van der Waals surface area (Å²) in [7, 11) is 0.